The first kappa shape index (κ1) is 26.7. The van der Waals surface area contributed by atoms with Gasteiger partial charge in [0, 0.05) is 41.0 Å². The maximum atomic E-state index is 13.4. The molecule has 3 aromatic carbocycles. The molecule has 1 amide bonds. The Bertz CT molecular complexity index is 1690. The quantitative estimate of drug-likeness (QED) is 0.127. The summed E-state index contributed by atoms with van der Waals surface area (Å²) in [6, 6.07) is 22.4. The fourth-order valence-corrected chi connectivity index (χ4v) is 4.66. The molecule has 5 aromatic rings. The molecule has 2 heterocycles. The summed E-state index contributed by atoms with van der Waals surface area (Å²) in [7, 11) is 0. The van der Waals surface area contributed by atoms with Crippen LogP contribution in [0.15, 0.2) is 94.3 Å². The van der Waals surface area contributed by atoms with Crippen LogP contribution in [0.4, 0.5) is 4.79 Å². The third kappa shape index (κ3) is 6.40. The van der Waals surface area contributed by atoms with Crippen LogP contribution in [-0.4, -0.2) is 23.1 Å². The summed E-state index contributed by atoms with van der Waals surface area (Å²) in [6.45, 7) is 2.15. The van der Waals surface area contributed by atoms with E-state index in [1.807, 2.05) is 60.8 Å². The van der Waals surface area contributed by atoms with Gasteiger partial charge in [0.2, 0.25) is 0 Å². The van der Waals surface area contributed by atoms with Gasteiger partial charge >= 0.3 is 17.7 Å². The first-order valence-corrected chi connectivity index (χ1v) is 13.3. The molecule has 204 valence electrons. The lowest BCUT2D eigenvalue weighted by Crippen LogP contribution is -2.44. The molecule has 0 aliphatic heterocycles. The summed E-state index contributed by atoms with van der Waals surface area (Å²) in [5, 5.41) is 4.40. The zero-order chi connectivity index (χ0) is 27.9. The molecule has 0 saturated carbocycles. The standard InChI is InChI=1S/C32H30N2O6/c1-2-3-11-22-17-30(35)40-29-18-24(14-15-26(22)29)39-31(36)28(16-23-19-33-27-13-8-7-12-25(23)27)34-32(37)38-20-21-9-5-4-6-10-21/h4-10,12-15,17-19,28,33H,2-3,11,16,20H2,1H3,(H,34,37). The number of ether oxygens (including phenoxy) is 2. The second-order valence-electron chi connectivity index (χ2n) is 9.60. The fourth-order valence-electron chi connectivity index (χ4n) is 4.66. The van der Waals surface area contributed by atoms with Gasteiger partial charge < -0.3 is 24.2 Å². The van der Waals surface area contributed by atoms with Crippen LogP contribution in [0.1, 0.15) is 36.5 Å². The Morgan fingerprint density at radius 2 is 1.75 bits per heavy atom. The molecule has 0 aliphatic carbocycles. The van der Waals surface area contributed by atoms with Gasteiger partial charge in [-0.05, 0) is 47.7 Å². The molecule has 0 aliphatic rings. The second-order valence-corrected chi connectivity index (χ2v) is 9.60. The molecule has 0 radical (unpaired) electrons. The largest absolute Gasteiger partial charge is 0.445 e. The van der Waals surface area contributed by atoms with Crippen LogP contribution in [0, 0.1) is 0 Å². The zero-order valence-electron chi connectivity index (χ0n) is 22.1. The van der Waals surface area contributed by atoms with E-state index in [9.17, 15) is 14.4 Å². The predicted octanol–water partition coefficient (Wildman–Crippen LogP) is 6.06. The monoisotopic (exact) mass is 538 g/mol. The number of alkyl carbamates (subject to hydrolysis) is 1. The first-order valence-electron chi connectivity index (χ1n) is 13.3. The minimum absolute atomic E-state index is 0.0611. The van der Waals surface area contributed by atoms with Crippen molar-refractivity contribution in [3.05, 3.63) is 112 Å². The number of nitrogens with one attached hydrogen (secondary N) is 2. The van der Waals surface area contributed by atoms with Crippen molar-refractivity contribution in [2.45, 2.75) is 45.3 Å². The topological polar surface area (TPSA) is 111 Å². The first-order chi connectivity index (χ1) is 19.5. The highest BCUT2D eigenvalue weighted by Gasteiger charge is 2.26. The normalized spacial score (nSPS) is 11.8. The highest BCUT2D eigenvalue weighted by molar-refractivity contribution is 5.88. The number of hydrogen-bond donors (Lipinski definition) is 2. The van der Waals surface area contributed by atoms with E-state index in [1.54, 1.807) is 12.1 Å². The van der Waals surface area contributed by atoms with E-state index >= 15 is 0 Å². The summed E-state index contributed by atoms with van der Waals surface area (Å²) >= 11 is 0. The number of amides is 1. The van der Waals surface area contributed by atoms with E-state index < -0.39 is 23.7 Å². The van der Waals surface area contributed by atoms with Crippen LogP contribution >= 0.6 is 0 Å². The van der Waals surface area contributed by atoms with Gasteiger partial charge in [-0.3, -0.25) is 0 Å². The molecule has 2 aromatic heterocycles. The van der Waals surface area contributed by atoms with Crippen molar-refractivity contribution in [1.82, 2.24) is 10.3 Å². The number of para-hydroxylation sites is 1. The number of aromatic nitrogens is 1. The highest BCUT2D eigenvalue weighted by Crippen LogP contribution is 2.25. The maximum absolute atomic E-state index is 13.4. The van der Waals surface area contributed by atoms with Crippen LogP contribution in [0.25, 0.3) is 21.9 Å². The van der Waals surface area contributed by atoms with Crippen molar-refractivity contribution < 1.29 is 23.5 Å². The lowest BCUT2D eigenvalue weighted by Gasteiger charge is -2.18. The number of esters is 1. The lowest BCUT2D eigenvalue weighted by atomic mass is 10.0. The predicted molar refractivity (Wildman–Crippen MR) is 152 cm³/mol. The number of carbonyl (C=O) groups excluding carboxylic acids is 2. The van der Waals surface area contributed by atoms with Gasteiger partial charge in [0.25, 0.3) is 0 Å². The van der Waals surface area contributed by atoms with Gasteiger partial charge in [0.15, 0.2) is 0 Å². The Labute approximate surface area is 230 Å². The van der Waals surface area contributed by atoms with Crippen molar-refractivity contribution in [3.63, 3.8) is 0 Å². The number of benzene rings is 3. The Morgan fingerprint density at radius 1 is 0.950 bits per heavy atom. The summed E-state index contributed by atoms with van der Waals surface area (Å²) in [5.74, 6) is -0.470. The van der Waals surface area contributed by atoms with Gasteiger partial charge in [0.1, 0.15) is 24.0 Å². The smallest absolute Gasteiger partial charge is 0.408 e. The van der Waals surface area contributed by atoms with Crippen molar-refractivity contribution in [2.75, 3.05) is 0 Å². The molecule has 0 bridgehead atoms. The Morgan fingerprint density at radius 3 is 2.58 bits per heavy atom. The third-order valence-corrected chi connectivity index (χ3v) is 6.71. The summed E-state index contributed by atoms with van der Waals surface area (Å²) < 4.78 is 16.5. The Hall–Kier alpha value is -4.85. The molecule has 1 atom stereocenters. The van der Waals surface area contributed by atoms with Gasteiger partial charge in [-0.1, -0.05) is 61.9 Å². The van der Waals surface area contributed by atoms with Crippen LogP contribution in [0.2, 0.25) is 0 Å². The van der Waals surface area contributed by atoms with E-state index in [0.717, 1.165) is 52.2 Å². The maximum Gasteiger partial charge on any atom is 0.408 e. The summed E-state index contributed by atoms with van der Waals surface area (Å²) in [5.41, 5.74) is 3.36. The SMILES string of the molecule is CCCCc1cc(=O)oc2cc(OC(=O)C(Cc3c[nH]c4ccccc34)NC(=O)OCc3ccccc3)ccc12. The summed E-state index contributed by atoms with van der Waals surface area (Å²) in [6.07, 6.45) is 3.93. The molecule has 8 nitrogen and oxygen atoms in total. The average Bonchev–Trinajstić information content (AvgIpc) is 3.37. The van der Waals surface area contributed by atoms with Crippen molar-refractivity contribution in [1.29, 1.82) is 0 Å². The Balaban J connectivity index is 1.36. The van der Waals surface area contributed by atoms with Gasteiger partial charge in [-0.25, -0.2) is 14.4 Å². The number of aryl methyl sites for hydroxylation is 1. The average molecular weight is 539 g/mol. The molecule has 40 heavy (non-hydrogen) atoms. The molecule has 5 rings (SSSR count). The number of aromatic amines is 1. The molecule has 8 heteroatoms. The van der Waals surface area contributed by atoms with E-state index in [2.05, 4.69) is 17.2 Å². The fraction of sp³-hybridized carbons (Fsp3) is 0.219. The molecule has 0 spiro atoms. The molecule has 2 N–H and O–H groups in total. The number of rotatable bonds is 10. The van der Waals surface area contributed by atoms with Crippen LogP contribution in [0.3, 0.4) is 0 Å². The van der Waals surface area contributed by atoms with Crippen molar-refractivity contribution in [2.24, 2.45) is 0 Å². The van der Waals surface area contributed by atoms with Gasteiger partial charge in [0.05, 0.1) is 0 Å². The third-order valence-electron chi connectivity index (χ3n) is 6.71. The van der Waals surface area contributed by atoms with Crippen LogP contribution in [0.5, 0.6) is 5.75 Å². The molecule has 0 fully saturated rings. The van der Waals surface area contributed by atoms with E-state index in [0.29, 0.717) is 5.58 Å². The minimum atomic E-state index is -1.04. The van der Waals surface area contributed by atoms with E-state index in [4.69, 9.17) is 13.9 Å². The minimum Gasteiger partial charge on any atom is -0.445 e. The number of H-pyrrole nitrogens is 1. The van der Waals surface area contributed by atoms with Crippen molar-refractivity contribution >= 4 is 33.9 Å². The molecular formula is C32H30N2O6. The van der Waals surface area contributed by atoms with Crippen molar-refractivity contribution in [3.8, 4) is 5.75 Å². The number of hydrogen-bond acceptors (Lipinski definition) is 6. The highest BCUT2D eigenvalue weighted by atomic mass is 16.6. The molecular weight excluding hydrogens is 508 g/mol. The van der Waals surface area contributed by atoms with Gasteiger partial charge in [-0.15, -0.1) is 0 Å². The van der Waals surface area contributed by atoms with E-state index in [1.165, 1.54) is 12.1 Å². The van der Waals surface area contributed by atoms with Crippen LogP contribution < -0.4 is 15.7 Å². The van der Waals surface area contributed by atoms with Crippen LogP contribution in [-0.2, 0) is 29.0 Å². The molecule has 1 unspecified atom stereocenters. The lowest BCUT2D eigenvalue weighted by molar-refractivity contribution is -0.136. The number of fused-ring (bicyclic) bond motifs is 2. The summed E-state index contributed by atoms with van der Waals surface area (Å²) in [4.78, 5) is 41.4. The number of carbonyl (C=O) groups is 2. The van der Waals surface area contributed by atoms with Gasteiger partial charge in [-0.2, -0.15) is 0 Å². The molecule has 0 saturated heterocycles. The zero-order valence-corrected chi connectivity index (χ0v) is 22.1. The van der Waals surface area contributed by atoms with E-state index in [-0.39, 0.29) is 18.8 Å². The number of unbranched alkanes of at least 4 members (excludes halogenated alkanes) is 1. The Kier molecular flexibility index (Phi) is 8.25. The second kappa shape index (κ2) is 12.3.